The summed E-state index contributed by atoms with van der Waals surface area (Å²) in [5.74, 6) is -0.514. The van der Waals surface area contributed by atoms with Gasteiger partial charge >= 0.3 is 5.97 Å². The lowest BCUT2D eigenvalue weighted by Crippen LogP contribution is -2.23. The number of hydrogen-bond acceptors (Lipinski definition) is 6. The average molecular weight is 265 g/mol. The van der Waals surface area contributed by atoms with Gasteiger partial charge in [-0.05, 0) is 6.92 Å². The number of nitrogens with one attached hydrogen (secondary N) is 1. The second kappa shape index (κ2) is 5.29. The first kappa shape index (κ1) is 12.7. The summed E-state index contributed by atoms with van der Waals surface area (Å²) in [4.78, 5) is 26.1. The molecule has 0 aliphatic carbocycles. The summed E-state index contributed by atoms with van der Waals surface area (Å²) >= 11 is 0. The maximum Gasteiger partial charge on any atom is 0.325 e. The molecule has 2 rings (SSSR count). The maximum atomic E-state index is 11.7. The molecular weight excluding hydrogens is 254 g/mol. The molecule has 0 fully saturated rings. The third-order valence-electron chi connectivity index (χ3n) is 2.14. The van der Waals surface area contributed by atoms with Gasteiger partial charge in [-0.2, -0.15) is 0 Å². The minimum atomic E-state index is -1.06. The van der Waals surface area contributed by atoms with Gasteiger partial charge in [0.25, 0.3) is 5.91 Å². The Morgan fingerprint density at radius 1 is 1.53 bits per heavy atom. The van der Waals surface area contributed by atoms with E-state index in [2.05, 4.69) is 20.6 Å². The molecule has 0 spiro atoms. The number of carboxylic acids is 1. The molecule has 0 radical (unpaired) electrons. The van der Waals surface area contributed by atoms with E-state index in [1.807, 2.05) is 0 Å². The van der Waals surface area contributed by atoms with Crippen molar-refractivity contribution < 1.29 is 19.1 Å². The molecule has 2 aromatic heterocycles. The summed E-state index contributed by atoms with van der Waals surface area (Å²) in [5, 5.41) is 18.2. The van der Waals surface area contributed by atoms with Crippen molar-refractivity contribution in [1.82, 2.24) is 25.3 Å². The first-order chi connectivity index (χ1) is 9.04. The van der Waals surface area contributed by atoms with Crippen LogP contribution in [0.3, 0.4) is 0 Å². The van der Waals surface area contributed by atoms with E-state index in [1.54, 1.807) is 13.1 Å². The van der Waals surface area contributed by atoms with Gasteiger partial charge in [-0.15, -0.1) is 5.10 Å². The molecule has 0 saturated heterocycles. The second-order valence-corrected chi connectivity index (χ2v) is 3.74. The zero-order chi connectivity index (χ0) is 13.8. The van der Waals surface area contributed by atoms with Crippen LogP contribution in [-0.2, 0) is 17.9 Å². The maximum absolute atomic E-state index is 11.7. The van der Waals surface area contributed by atoms with Crippen LogP contribution in [0.25, 0.3) is 0 Å². The molecule has 0 unspecified atom stereocenters. The summed E-state index contributed by atoms with van der Waals surface area (Å²) < 4.78 is 6.24. The van der Waals surface area contributed by atoms with Gasteiger partial charge in [0.15, 0.2) is 5.69 Å². The topological polar surface area (TPSA) is 123 Å². The summed E-state index contributed by atoms with van der Waals surface area (Å²) in [6.45, 7) is 1.52. The Bertz CT molecular complexity index is 603. The molecule has 2 aromatic rings. The zero-order valence-electron chi connectivity index (χ0n) is 10.0. The molecule has 9 nitrogen and oxygen atoms in total. The zero-order valence-corrected chi connectivity index (χ0v) is 10.0. The van der Waals surface area contributed by atoms with E-state index in [0.29, 0.717) is 11.7 Å². The molecule has 0 saturated carbocycles. The van der Waals surface area contributed by atoms with Crippen molar-refractivity contribution >= 4 is 11.9 Å². The molecule has 0 aliphatic rings. The Labute approximate surface area is 107 Å². The Hall–Kier alpha value is -2.71. The fourth-order valence-corrected chi connectivity index (χ4v) is 1.35. The minimum Gasteiger partial charge on any atom is -0.480 e. The van der Waals surface area contributed by atoms with Crippen LogP contribution >= 0.6 is 0 Å². The number of carboxylic acid groups (broad SMARTS) is 1. The quantitative estimate of drug-likeness (QED) is 0.753. The van der Waals surface area contributed by atoms with Crippen molar-refractivity contribution in [3.05, 3.63) is 29.7 Å². The number of carbonyl (C=O) groups excluding carboxylic acids is 1. The summed E-state index contributed by atoms with van der Waals surface area (Å²) in [5.41, 5.74) is 0.0320. The molecule has 0 aromatic carbocycles. The van der Waals surface area contributed by atoms with E-state index in [1.165, 1.54) is 6.20 Å². The van der Waals surface area contributed by atoms with Crippen LogP contribution in [0.1, 0.15) is 22.1 Å². The van der Waals surface area contributed by atoms with Crippen LogP contribution in [0, 0.1) is 6.92 Å². The standard InChI is InChI=1S/C10H11N5O4/c1-6-2-11-8(19-6)3-12-10(18)7-4-15(14-13-7)5-9(16)17/h2,4H,3,5H2,1H3,(H,12,18)(H,16,17). The van der Waals surface area contributed by atoms with Gasteiger partial charge in [-0.25, -0.2) is 9.67 Å². The second-order valence-electron chi connectivity index (χ2n) is 3.74. The van der Waals surface area contributed by atoms with Crippen molar-refractivity contribution in [3.63, 3.8) is 0 Å². The molecule has 100 valence electrons. The van der Waals surface area contributed by atoms with E-state index in [9.17, 15) is 9.59 Å². The molecule has 0 bridgehead atoms. The van der Waals surface area contributed by atoms with Gasteiger partial charge in [-0.3, -0.25) is 9.59 Å². The summed E-state index contributed by atoms with van der Waals surface area (Å²) in [6.07, 6.45) is 2.80. The minimum absolute atomic E-state index is 0.0320. The van der Waals surface area contributed by atoms with Crippen molar-refractivity contribution in [3.8, 4) is 0 Å². The highest BCUT2D eigenvalue weighted by Crippen LogP contribution is 2.01. The van der Waals surface area contributed by atoms with E-state index in [4.69, 9.17) is 9.52 Å². The largest absolute Gasteiger partial charge is 0.480 e. The van der Waals surface area contributed by atoms with Gasteiger partial charge in [0, 0.05) is 0 Å². The van der Waals surface area contributed by atoms with Crippen LogP contribution in [0.4, 0.5) is 0 Å². The highest BCUT2D eigenvalue weighted by Gasteiger charge is 2.12. The Kier molecular flexibility index (Phi) is 3.55. The Morgan fingerprint density at radius 3 is 2.95 bits per heavy atom. The van der Waals surface area contributed by atoms with Gasteiger partial charge in [-0.1, -0.05) is 5.21 Å². The van der Waals surface area contributed by atoms with Crippen molar-refractivity contribution in [2.24, 2.45) is 0 Å². The lowest BCUT2D eigenvalue weighted by atomic mass is 10.4. The smallest absolute Gasteiger partial charge is 0.325 e. The number of amides is 1. The highest BCUT2D eigenvalue weighted by molar-refractivity contribution is 5.91. The Morgan fingerprint density at radius 2 is 2.32 bits per heavy atom. The number of carbonyl (C=O) groups is 2. The normalized spacial score (nSPS) is 10.4. The first-order valence-corrected chi connectivity index (χ1v) is 5.36. The molecule has 0 atom stereocenters. The SMILES string of the molecule is Cc1cnc(CNC(=O)c2cn(CC(=O)O)nn2)o1. The monoisotopic (exact) mass is 265 g/mol. The molecule has 1 amide bonds. The molecule has 2 N–H and O–H groups in total. The molecule has 19 heavy (non-hydrogen) atoms. The third kappa shape index (κ3) is 3.37. The predicted octanol–water partition coefficient (Wildman–Crippen LogP) is -0.411. The number of aryl methyl sites for hydroxylation is 1. The molecular formula is C10H11N5O4. The van der Waals surface area contributed by atoms with Crippen LogP contribution in [0.5, 0.6) is 0 Å². The van der Waals surface area contributed by atoms with Gasteiger partial charge in [0.05, 0.1) is 18.9 Å². The highest BCUT2D eigenvalue weighted by atomic mass is 16.4. The predicted molar refractivity (Wildman–Crippen MR) is 60.1 cm³/mol. The summed E-state index contributed by atoms with van der Waals surface area (Å²) in [7, 11) is 0. The average Bonchev–Trinajstić information content (AvgIpc) is 2.95. The number of rotatable bonds is 5. The first-order valence-electron chi connectivity index (χ1n) is 5.36. The number of aliphatic carboxylic acids is 1. The molecule has 0 aliphatic heterocycles. The van der Waals surface area contributed by atoms with Crippen LogP contribution < -0.4 is 5.32 Å². The molecule has 9 heteroatoms. The number of nitrogens with zero attached hydrogens (tertiary/aromatic N) is 4. The van der Waals surface area contributed by atoms with E-state index >= 15 is 0 Å². The number of aromatic nitrogens is 4. The van der Waals surface area contributed by atoms with Crippen LogP contribution in [0.2, 0.25) is 0 Å². The van der Waals surface area contributed by atoms with Crippen molar-refractivity contribution in [2.75, 3.05) is 0 Å². The lowest BCUT2D eigenvalue weighted by Gasteiger charge is -1.98. The van der Waals surface area contributed by atoms with Gasteiger partial charge in [0.1, 0.15) is 12.3 Å². The van der Waals surface area contributed by atoms with E-state index in [0.717, 1.165) is 4.68 Å². The van der Waals surface area contributed by atoms with Gasteiger partial charge < -0.3 is 14.8 Å². The summed E-state index contributed by atoms with van der Waals surface area (Å²) in [6, 6.07) is 0. The fourth-order valence-electron chi connectivity index (χ4n) is 1.35. The lowest BCUT2D eigenvalue weighted by molar-refractivity contribution is -0.137. The van der Waals surface area contributed by atoms with Crippen LogP contribution in [-0.4, -0.2) is 37.0 Å². The van der Waals surface area contributed by atoms with Crippen LogP contribution in [0.15, 0.2) is 16.8 Å². The third-order valence-corrected chi connectivity index (χ3v) is 2.14. The Balaban J connectivity index is 1.92. The van der Waals surface area contributed by atoms with Crippen molar-refractivity contribution in [1.29, 1.82) is 0 Å². The molecule has 2 heterocycles. The number of oxazole rings is 1. The van der Waals surface area contributed by atoms with Crippen molar-refractivity contribution in [2.45, 2.75) is 20.0 Å². The van der Waals surface area contributed by atoms with E-state index < -0.39 is 11.9 Å². The number of hydrogen-bond donors (Lipinski definition) is 2. The van der Waals surface area contributed by atoms with Gasteiger partial charge in [0.2, 0.25) is 5.89 Å². The fraction of sp³-hybridized carbons (Fsp3) is 0.300. The van der Waals surface area contributed by atoms with E-state index in [-0.39, 0.29) is 18.8 Å².